The van der Waals surface area contributed by atoms with E-state index in [0.29, 0.717) is 38.9 Å². The summed E-state index contributed by atoms with van der Waals surface area (Å²) in [6, 6.07) is 0.643. The molecule has 3 rings (SSSR count). The molecule has 2 aliphatic rings. The van der Waals surface area contributed by atoms with Crippen LogP contribution in [0.2, 0.25) is 5.02 Å². The number of pyridine rings is 1. The van der Waals surface area contributed by atoms with Gasteiger partial charge in [0.2, 0.25) is 15.9 Å². The maximum Gasteiger partial charge on any atom is 0.417 e. The van der Waals surface area contributed by atoms with E-state index >= 15 is 0 Å². The zero-order valence-electron chi connectivity index (χ0n) is 16.5. The Balaban J connectivity index is 1.55. The summed E-state index contributed by atoms with van der Waals surface area (Å²) in [7, 11) is -3.29. The number of carbonyl (C=O) groups is 1. The van der Waals surface area contributed by atoms with Gasteiger partial charge in [0.25, 0.3) is 0 Å². The number of aromatic nitrogens is 1. The highest BCUT2D eigenvalue weighted by Crippen LogP contribution is 2.34. The number of carbonyl (C=O) groups excluding carboxylic acids is 1. The Kier molecular flexibility index (Phi) is 6.83. The van der Waals surface area contributed by atoms with E-state index in [-0.39, 0.29) is 35.3 Å². The molecule has 1 N–H and O–H groups in total. The molecule has 168 valence electrons. The minimum absolute atomic E-state index is 0.0733. The number of sulfonamides is 1. The second-order valence-corrected chi connectivity index (χ2v) is 10.1. The van der Waals surface area contributed by atoms with Crippen molar-refractivity contribution in [1.29, 1.82) is 0 Å². The van der Waals surface area contributed by atoms with Gasteiger partial charge in [-0.25, -0.2) is 17.7 Å². The second-order valence-electron chi connectivity index (χ2n) is 7.76. The lowest BCUT2D eigenvalue weighted by atomic mass is 9.95. The first kappa shape index (κ1) is 23.1. The van der Waals surface area contributed by atoms with Crippen LogP contribution in [0.15, 0.2) is 12.3 Å². The summed E-state index contributed by atoms with van der Waals surface area (Å²) >= 11 is 6.01. The standard InChI is InChI=1S/C18H24ClF3N4O3S/c1-30(28,29)26-6-2-3-14(11-26)24-17(27)12-4-7-25(8-5-12)16-15(19)9-13(10-23-16)18(20,21)22/h9-10,12,14H,2-8,11H2,1H3,(H,24,27). The fourth-order valence-electron chi connectivity index (χ4n) is 3.85. The fourth-order valence-corrected chi connectivity index (χ4v) is 5.05. The van der Waals surface area contributed by atoms with Crippen LogP contribution in [0.1, 0.15) is 31.2 Å². The van der Waals surface area contributed by atoms with Crippen LogP contribution in [-0.2, 0) is 21.0 Å². The molecule has 0 aromatic carbocycles. The van der Waals surface area contributed by atoms with E-state index in [0.717, 1.165) is 24.9 Å². The number of piperidine rings is 2. The Bertz CT molecular complexity index is 889. The number of amides is 1. The van der Waals surface area contributed by atoms with Crippen LogP contribution in [0.25, 0.3) is 0 Å². The Labute approximate surface area is 178 Å². The lowest BCUT2D eigenvalue weighted by molar-refractivity contribution is -0.137. The molecule has 0 spiro atoms. The van der Waals surface area contributed by atoms with E-state index < -0.39 is 21.8 Å². The largest absolute Gasteiger partial charge is 0.417 e. The molecule has 1 aromatic heterocycles. The van der Waals surface area contributed by atoms with Gasteiger partial charge in [0, 0.05) is 44.3 Å². The van der Waals surface area contributed by atoms with Crippen molar-refractivity contribution in [3.8, 4) is 0 Å². The van der Waals surface area contributed by atoms with Crippen molar-refractivity contribution in [2.45, 2.75) is 37.9 Å². The van der Waals surface area contributed by atoms with E-state index in [1.807, 2.05) is 0 Å². The Morgan fingerprint density at radius 2 is 1.90 bits per heavy atom. The van der Waals surface area contributed by atoms with Gasteiger partial charge in [-0.05, 0) is 31.7 Å². The van der Waals surface area contributed by atoms with Crippen LogP contribution in [0.5, 0.6) is 0 Å². The van der Waals surface area contributed by atoms with Gasteiger partial charge < -0.3 is 10.2 Å². The van der Waals surface area contributed by atoms with Crippen molar-refractivity contribution >= 4 is 33.3 Å². The summed E-state index contributed by atoms with van der Waals surface area (Å²) in [5, 5.41) is 2.88. The summed E-state index contributed by atoms with van der Waals surface area (Å²) in [5.74, 6) is -0.0934. The topological polar surface area (TPSA) is 82.6 Å². The summed E-state index contributed by atoms with van der Waals surface area (Å²) in [5.41, 5.74) is -0.902. The molecule has 1 amide bonds. The van der Waals surface area contributed by atoms with Crippen LogP contribution in [-0.4, -0.2) is 62.1 Å². The van der Waals surface area contributed by atoms with E-state index in [1.54, 1.807) is 4.90 Å². The lowest BCUT2D eigenvalue weighted by Gasteiger charge is -2.35. The number of hydrogen-bond acceptors (Lipinski definition) is 5. The summed E-state index contributed by atoms with van der Waals surface area (Å²) in [6.45, 7) is 1.62. The highest BCUT2D eigenvalue weighted by molar-refractivity contribution is 7.88. The van der Waals surface area contributed by atoms with Gasteiger partial charge in [0.1, 0.15) is 5.82 Å². The number of anilines is 1. The van der Waals surface area contributed by atoms with E-state index in [1.165, 1.54) is 4.31 Å². The first-order valence-electron chi connectivity index (χ1n) is 9.68. The van der Waals surface area contributed by atoms with Crippen molar-refractivity contribution in [3.63, 3.8) is 0 Å². The zero-order chi connectivity index (χ0) is 22.1. The van der Waals surface area contributed by atoms with Gasteiger partial charge in [0.15, 0.2) is 0 Å². The molecular formula is C18H24ClF3N4O3S. The molecule has 2 fully saturated rings. The molecule has 0 aliphatic carbocycles. The molecule has 0 radical (unpaired) electrons. The van der Waals surface area contributed by atoms with Crippen molar-refractivity contribution in [3.05, 3.63) is 22.8 Å². The molecular weight excluding hydrogens is 445 g/mol. The number of halogens is 4. The SMILES string of the molecule is CS(=O)(=O)N1CCCC(NC(=O)C2CCN(c3ncc(C(F)(F)F)cc3Cl)CC2)C1. The molecule has 1 aromatic rings. The normalized spacial score (nSPS) is 22.2. The van der Waals surface area contributed by atoms with Crippen molar-refractivity contribution in [1.82, 2.24) is 14.6 Å². The first-order chi connectivity index (χ1) is 13.9. The average molecular weight is 469 g/mol. The van der Waals surface area contributed by atoms with Crippen LogP contribution in [0.4, 0.5) is 19.0 Å². The quantitative estimate of drug-likeness (QED) is 0.734. The second kappa shape index (κ2) is 8.88. The van der Waals surface area contributed by atoms with Gasteiger partial charge in [-0.1, -0.05) is 11.6 Å². The molecule has 30 heavy (non-hydrogen) atoms. The first-order valence-corrected chi connectivity index (χ1v) is 11.9. The maximum absolute atomic E-state index is 12.8. The van der Waals surface area contributed by atoms with Crippen LogP contribution >= 0.6 is 11.6 Å². The van der Waals surface area contributed by atoms with Crippen molar-refractivity contribution < 1.29 is 26.4 Å². The molecule has 1 atom stereocenters. The molecule has 2 saturated heterocycles. The van der Waals surface area contributed by atoms with E-state index in [2.05, 4.69) is 10.3 Å². The predicted molar refractivity (Wildman–Crippen MR) is 107 cm³/mol. The Morgan fingerprint density at radius 1 is 1.23 bits per heavy atom. The van der Waals surface area contributed by atoms with Crippen LogP contribution in [0.3, 0.4) is 0 Å². The van der Waals surface area contributed by atoms with Crippen LogP contribution in [0, 0.1) is 5.92 Å². The minimum atomic E-state index is -4.51. The Hall–Kier alpha value is -1.59. The number of alkyl halides is 3. The summed E-state index contributed by atoms with van der Waals surface area (Å²) < 4.78 is 63.1. The maximum atomic E-state index is 12.8. The predicted octanol–water partition coefficient (Wildman–Crippen LogP) is 2.51. The van der Waals surface area contributed by atoms with Crippen molar-refractivity contribution in [2.24, 2.45) is 5.92 Å². The number of hydrogen-bond donors (Lipinski definition) is 1. The molecule has 12 heteroatoms. The monoisotopic (exact) mass is 468 g/mol. The fraction of sp³-hybridized carbons (Fsp3) is 0.667. The van der Waals surface area contributed by atoms with Crippen LogP contribution < -0.4 is 10.2 Å². The molecule has 7 nitrogen and oxygen atoms in total. The lowest BCUT2D eigenvalue weighted by Crippen LogP contribution is -2.51. The highest BCUT2D eigenvalue weighted by Gasteiger charge is 2.34. The third-order valence-electron chi connectivity index (χ3n) is 5.51. The van der Waals surface area contributed by atoms with Gasteiger partial charge >= 0.3 is 6.18 Å². The minimum Gasteiger partial charge on any atom is -0.355 e. The number of nitrogens with one attached hydrogen (secondary N) is 1. The van der Waals surface area contributed by atoms with Crippen molar-refractivity contribution in [2.75, 3.05) is 37.3 Å². The van der Waals surface area contributed by atoms with Gasteiger partial charge in [0.05, 0.1) is 16.8 Å². The number of nitrogens with zero attached hydrogens (tertiary/aromatic N) is 3. The molecule has 2 aliphatic heterocycles. The average Bonchev–Trinajstić information content (AvgIpc) is 2.67. The molecule has 1 unspecified atom stereocenters. The number of rotatable bonds is 4. The third kappa shape index (κ3) is 5.55. The highest BCUT2D eigenvalue weighted by atomic mass is 35.5. The molecule has 0 bridgehead atoms. The molecule has 3 heterocycles. The Morgan fingerprint density at radius 3 is 2.47 bits per heavy atom. The molecule has 0 saturated carbocycles. The summed E-state index contributed by atoms with van der Waals surface area (Å²) in [4.78, 5) is 18.3. The zero-order valence-corrected chi connectivity index (χ0v) is 18.0. The van der Waals surface area contributed by atoms with E-state index in [4.69, 9.17) is 11.6 Å². The van der Waals surface area contributed by atoms with E-state index in [9.17, 15) is 26.4 Å². The summed E-state index contributed by atoms with van der Waals surface area (Å²) in [6.07, 6.45) is -0.160. The smallest absolute Gasteiger partial charge is 0.355 e. The van der Waals surface area contributed by atoms with Gasteiger partial charge in [-0.2, -0.15) is 13.2 Å². The van der Waals surface area contributed by atoms with Gasteiger partial charge in [-0.15, -0.1) is 0 Å². The third-order valence-corrected chi connectivity index (χ3v) is 7.06. The van der Waals surface area contributed by atoms with Gasteiger partial charge in [-0.3, -0.25) is 4.79 Å².